The molecule has 5 rings (SSSR count). The lowest BCUT2D eigenvalue weighted by Crippen LogP contribution is -2.50. The van der Waals surface area contributed by atoms with Gasteiger partial charge in [-0.25, -0.2) is 9.78 Å². The second kappa shape index (κ2) is 12.4. The van der Waals surface area contributed by atoms with Crippen LogP contribution in [0.4, 0.5) is 22.2 Å². The number of carbonyl (C=O) groups excluding carboxylic acids is 1. The maximum Gasteiger partial charge on any atom is 0.407 e. The molecule has 1 aliphatic heterocycles. The topological polar surface area (TPSA) is 115 Å². The van der Waals surface area contributed by atoms with Crippen LogP contribution < -0.4 is 30.3 Å². The summed E-state index contributed by atoms with van der Waals surface area (Å²) in [6.07, 6.45) is 1.41. The van der Waals surface area contributed by atoms with Crippen LogP contribution in [-0.2, 0) is 17.7 Å². The summed E-state index contributed by atoms with van der Waals surface area (Å²) in [5.74, 6) is 2.04. The lowest BCUT2D eigenvalue weighted by Gasteiger charge is -2.41. The molecule has 2 heterocycles. The van der Waals surface area contributed by atoms with Crippen molar-refractivity contribution in [1.29, 1.82) is 0 Å². The number of nitrogen functional groups attached to an aromatic ring is 1. The number of hydrogen-bond donors (Lipinski definition) is 2. The number of alkyl carbamates (subject to hydrolysis) is 1. The number of aromatic nitrogens is 2. The Bertz CT molecular complexity index is 1520. The molecule has 0 atom stereocenters. The molecule has 10 heteroatoms. The molecule has 0 spiro atoms. The van der Waals surface area contributed by atoms with Crippen LogP contribution in [0.2, 0.25) is 0 Å². The van der Waals surface area contributed by atoms with Crippen LogP contribution in [-0.4, -0.2) is 63.1 Å². The van der Waals surface area contributed by atoms with Crippen LogP contribution >= 0.6 is 0 Å². The second-order valence-corrected chi connectivity index (χ2v) is 10.8. The summed E-state index contributed by atoms with van der Waals surface area (Å²) < 4.78 is 17.1. The average molecular weight is 571 g/mol. The lowest BCUT2D eigenvalue weighted by atomic mass is 9.85. The van der Waals surface area contributed by atoms with E-state index < -0.39 is 11.7 Å². The molecule has 3 aromatic carbocycles. The van der Waals surface area contributed by atoms with E-state index in [1.54, 1.807) is 26.4 Å². The Morgan fingerprint density at radius 2 is 1.62 bits per heavy atom. The predicted molar refractivity (Wildman–Crippen MR) is 165 cm³/mol. The number of nitrogens with two attached hydrogens (primary N) is 1. The zero-order valence-electron chi connectivity index (χ0n) is 24.6. The molecule has 3 N–H and O–H groups in total. The number of hydrogen-bond acceptors (Lipinski definition) is 9. The van der Waals surface area contributed by atoms with Crippen molar-refractivity contribution in [1.82, 2.24) is 15.3 Å². The fourth-order valence-corrected chi connectivity index (χ4v) is 5.32. The van der Waals surface area contributed by atoms with E-state index >= 15 is 0 Å². The summed E-state index contributed by atoms with van der Waals surface area (Å²) in [6, 6.07) is 21.8. The van der Waals surface area contributed by atoms with Crippen molar-refractivity contribution in [3.05, 3.63) is 77.9 Å². The molecule has 1 aliphatic rings. The predicted octanol–water partition coefficient (Wildman–Crippen LogP) is 4.80. The van der Waals surface area contributed by atoms with Crippen LogP contribution in [0.25, 0.3) is 10.9 Å². The highest BCUT2D eigenvalue weighted by Gasteiger charge is 2.39. The molecule has 4 aromatic rings. The fraction of sp³-hybridized carbons (Fsp3) is 0.344. The third kappa shape index (κ3) is 6.43. The molecule has 1 amide bonds. The Labute approximate surface area is 246 Å². The monoisotopic (exact) mass is 570 g/mol. The number of fused-ring (bicyclic) bond motifs is 1. The number of methoxy groups -OCH3 is 2. The largest absolute Gasteiger partial charge is 0.493 e. The zero-order chi connectivity index (χ0) is 29.7. The van der Waals surface area contributed by atoms with E-state index in [1.807, 2.05) is 61.5 Å². The van der Waals surface area contributed by atoms with Crippen molar-refractivity contribution < 1.29 is 19.0 Å². The molecule has 42 heavy (non-hydrogen) atoms. The van der Waals surface area contributed by atoms with E-state index in [2.05, 4.69) is 27.3 Å². The summed E-state index contributed by atoms with van der Waals surface area (Å²) >= 11 is 0. The Hall–Kier alpha value is -4.73. The van der Waals surface area contributed by atoms with Gasteiger partial charge < -0.3 is 35.1 Å². The minimum Gasteiger partial charge on any atom is -0.493 e. The maximum atomic E-state index is 13.1. The number of nitrogens with zero attached hydrogens (tertiary/aromatic N) is 4. The Morgan fingerprint density at radius 1 is 0.952 bits per heavy atom. The third-order valence-electron chi connectivity index (χ3n) is 7.74. The van der Waals surface area contributed by atoms with Crippen molar-refractivity contribution in [2.45, 2.75) is 31.4 Å². The smallest absolute Gasteiger partial charge is 0.407 e. The molecule has 1 fully saturated rings. The summed E-state index contributed by atoms with van der Waals surface area (Å²) in [6.45, 7) is 1.59. The van der Waals surface area contributed by atoms with Crippen molar-refractivity contribution in [3.63, 3.8) is 0 Å². The van der Waals surface area contributed by atoms with Crippen LogP contribution in [0.5, 0.6) is 11.5 Å². The van der Waals surface area contributed by atoms with Crippen molar-refractivity contribution in [2.24, 2.45) is 0 Å². The first-order valence-electron chi connectivity index (χ1n) is 14.0. The molecule has 0 aliphatic carbocycles. The Kier molecular flexibility index (Phi) is 8.51. The highest BCUT2D eigenvalue weighted by Crippen LogP contribution is 2.36. The molecule has 0 unspecified atom stereocenters. The van der Waals surface area contributed by atoms with E-state index in [1.165, 1.54) is 0 Å². The average Bonchev–Trinajstić information content (AvgIpc) is 3.00. The van der Waals surface area contributed by atoms with Gasteiger partial charge in [0.05, 0.1) is 19.7 Å². The first-order valence-corrected chi connectivity index (χ1v) is 14.0. The van der Waals surface area contributed by atoms with Gasteiger partial charge in [-0.3, -0.25) is 0 Å². The molecular formula is C32H38N6O4. The highest BCUT2D eigenvalue weighted by atomic mass is 16.6. The molecular weight excluding hydrogens is 532 g/mol. The van der Waals surface area contributed by atoms with Gasteiger partial charge in [0, 0.05) is 70.1 Å². The minimum atomic E-state index is -0.671. The van der Waals surface area contributed by atoms with Crippen LogP contribution in [0.1, 0.15) is 24.0 Å². The van der Waals surface area contributed by atoms with E-state index in [0.29, 0.717) is 73.1 Å². The van der Waals surface area contributed by atoms with Gasteiger partial charge in [-0.15, -0.1) is 0 Å². The van der Waals surface area contributed by atoms with E-state index in [0.717, 1.165) is 16.8 Å². The molecule has 0 saturated carbocycles. The molecule has 0 radical (unpaired) electrons. The van der Waals surface area contributed by atoms with Gasteiger partial charge in [0.15, 0.2) is 11.5 Å². The number of rotatable bonds is 9. The fourth-order valence-electron chi connectivity index (χ4n) is 5.32. The number of carbonyl (C=O) groups is 1. The van der Waals surface area contributed by atoms with E-state index in [9.17, 15) is 4.79 Å². The van der Waals surface area contributed by atoms with Gasteiger partial charge in [0.2, 0.25) is 5.95 Å². The molecule has 1 aromatic heterocycles. The van der Waals surface area contributed by atoms with Gasteiger partial charge in [-0.2, -0.15) is 4.98 Å². The van der Waals surface area contributed by atoms with Gasteiger partial charge in [0.25, 0.3) is 0 Å². The zero-order valence-corrected chi connectivity index (χ0v) is 24.6. The second-order valence-electron chi connectivity index (χ2n) is 10.8. The summed E-state index contributed by atoms with van der Waals surface area (Å²) in [4.78, 5) is 26.6. The maximum absolute atomic E-state index is 13.1. The van der Waals surface area contributed by atoms with Crippen LogP contribution in [0, 0.1) is 0 Å². The van der Waals surface area contributed by atoms with Gasteiger partial charge in [0.1, 0.15) is 11.4 Å². The SMILES string of the molecule is COc1cc2nc(N3CCC(Cc4ccccc4)(OC(=O)NCc4ccc(N(C)C)cc4)CC3)nc(N)c2cc1OC. The Balaban J connectivity index is 1.31. The summed E-state index contributed by atoms with van der Waals surface area (Å²) in [5, 5.41) is 3.64. The number of amides is 1. The summed E-state index contributed by atoms with van der Waals surface area (Å²) in [5.41, 5.74) is 9.57. The first kappa shape index (κ1) is 28.8. The van der Waals surface area contributed by atoms with Gasteiger partial charge in [-0.1, -0.05) is 42.5 Å². The number of anilines is 3. The van der Waals surface area contributed by atoms with Gasteiger partial charge >= 0.3 is 6.09 Å². The van der Waals surface area contributed by atoms with Crippen molar-refractivity contribution in [3.8, 4) is 11.5 Å². The van der Waals surface area contributed by atoms with Crippen LogP contribution in [0.15, 0.2) is 66.7 Å². The lowest BCUT2D eigenvalue weighted by molar-refractivity contribution is -0.00745. The number of benzene rings is 3. The van der Waals surface area contributed by atoms with E-state index in [-0.39, 0.29) is 0 Å². The standard InChI is InChI=1S/C32H38N6O4/c1-37(2)24-12-10-23(11-13-24)21-34-31(39)42-32(20-22-8-6-5-7-9-22)14-16-38(17-15-32)30-35-26-19-28(41-4)27(40-3)18-25(26)29(33)36-30/h5-13,18-19H,14-17,20-21H2,1-4H3,(H,34,39)(H2,33,35,36). The number of ether oxygens (including phenoxy) is 3. The summed E-state index contributed by atoms with van der Waals surface area (Å²) in [7, 11) is 7.16. The third-order valence-corrected chi connectivity index (χ3v) is 7.74. The molecule has 1 saturated heterocycles. The normalized spacial score (nSPS) is 14.3. The van der Waals surface area contributed by atoms with Gasteiger partial charge in [-0.05, 0) is 29.3 Å². The minimum absolute atomic E-state index is 0.367. The van der Waals surface area contributed by atoms with Crippen LogP contribution in [0.3, 0.4) is 0 Å². The quantitative estimate of drug-likeness (QED) is 0.293. The molecule has 220 valence electrons. The van der Waals surface area contributed by atoms with Crippen molar-refractivity contribution in [2.75, 3.05) is 56.9 Å². The van der Waals surface area contributed by atoms with E-state index in [4.69, 9.17) is 24.9 Å². The molecule has 10 nitrogen and oxygen atoms in total. The number of piperidine rings is 1. The number of nitrogens with one attached hydrogen (secondary N) is 1. The Morgan fingerprint density at radius 3 is 2.26 bits per heavy atom. The first-order chi connectivity index (χ1) is 20.3. The highest BCUT2D eigenvalue weighted by molar-refractivity contribution is 5.91. The molecule has 0 bridgehead atoms. The van der Waals surface area contributed by atoms with Crippen molar-refractivity contribution >= 4 is 34.4 Å².